The zero-order chi connectivity index (χ0) is 20.2. The lowest BCUT2D eigenvalue weighted by Gasteiger charge is -2.31. The summed E-state index contributed by atoms with van der Waals surface area (Å²) in [5, 5.41) is 1.01. The summed E-state index contributed by atoms with van der Waals surface area (Å²) in [6, 6.07) is 21.5. The smallest absolute Gasteiger partial charge is 0.272 e. The van der Waals surface area contributed by atoms with Gasteiger partial charge in [0.1, 0.15) is 5.69 Å². The maximum Gasteiger partial charge on any atom is 0.272 e. The van der Waals surface area contributed by atoms with Crippen molar-refractivity contribution in [2.45, 2.75) is 32.4 Å². The molecule has 5 heteroatoms. The average Bonchev–Trinajstić information content (AvgIpc) is 2.92. The summed E-state index contributed by atoms with van der Waals surface area (Å²) < 4.78 is 0. The first-order chi connectivity index (χ1) is 14.2. The van der Waals surface area contributed by atoms with Crippen molar-refractivity contribution < 1.29 is 9.59 Å². The number of hydrogen-bond donors (Lipinski definition) is 0. The molecule has 4 rings (SSSR count). The second kappa shape index (κ2) is 8.43. The molecular formula is C24H25N3O2. The minimum absolute atomic E-state index is 0.00499. The zero-order valence-corrected chi connectivity index (χ0v) is 16.6. The number of aromatic nitrogens is 1. The maximum atomic E-state index is 13.2. The number of carbonyl (C=O) groups is 2. The van der Waals surface area contributed by atoms with Crippen molar-refractivity contribution in [2.24, 2.45) is 0 Å². The largest absolute Gasteiger partial charge is 0.335 e. The van der Waals surface area contributed by atoms with Crippen LogP contribution in [0.4, 0.5) is 0 Å². The lowest BCUT2D eigenvalue weighted by atomic mass is 10.1. The molecule has 0 saturated carbocycles. The van der Waals surface area contributed by atoms with Crippen LogP contribution in [0.1, 0.15) is 35.8 Å². The summed E-state index contributed by atoms with van der Waals surface area (Å²) in [6.45, 7) is 3.60. The summed E-state index contributed by atoms with van der Waals surface area (Å²) in [4.78, 5) is 34.3. The van der Waals surface area contributed by atoms with E-state index < -0.39 is 0 Å². The Kier molecular flexibility index (Phi) is 5.56. The van der Waals surface area contributed by atoms with Gasteiger partial charge in [0.15, 0.2) is 0 Å². The number of fused-ring (bicyclic) bond motifs is 1. The van der Waals surface area contributed by atoms with Crippen molar-refractivity contribution in [2.75, 3.05) is 13.1 Å². The third-order valence-corrected chi connectivity index (χ3v) is 5.56. The molecule has 148 valence electrons. The fourth-order valence-electron chi connectivity index (χ4n) is 3.90. The SMILES string of the molecule is CCC1CN(C(=O)c2ccc3ccccc3n2)CCC(=O)N1Cc1ccccc1. The highest BCUT2D eigenvalue weighted by molar-refractivity contribution is 5.95. The highest BCUT2D eigenvalue weighted by Gasteiger charge is 2.31. The van der Waals surface area contributed by atoms with Gasteiger partial charge in [-0.15, -0.1) is 0 Å². The van der Waals surface area contributed by atoms with Crippen LogP contribution in [0.5, 0.6) is 0 Å². The molecule has 2 amide bonds. The van der Waals surface area contributed by atoms with Crippen LogP contribution in [0.3, 0.4) is 0 Å². The number of rotatable bonds is 4. The predicted molar refractivity (Wildman–Crippen MR) is 113 cm³/mol. The Morgan fingerprint density at radius 2 is 1.79 bits per heavy atom. The van der Waals surface area contributed by atoms with Gasteiger partial charge in [-0.2, -0.15) is 0 Å². The Balaban J connectivity index is 1.55. The average molecular weight is 387 g/mol. The van der Waals surface area contributed by atoms with Gasteiger partial charge in [0.25, 0.3) is 5.91 Å². The van der Waals surface area contributed by atoms with Crippen molar-refractivity contribution in [3.05, 3.63) is 78.0 Å². The minimum atomic E-state index is -0.108. The number of nitrogens with zero attached hydrogens (tertiary/aromatic N) is 3. The quantitative estimate of drug-likeness (QED) is 0.682. The van der Waals surface area contributed by atoms with E-state index in [1.54, 1.807) is 11.0 Å². The highest BCUT2D eigenvalue weighted by Crippen LogP contribution is 2.20. The van der Waals surface area contributed by atoms with Crippen LogP contribution >= 0.6 is 0 Å². The van der Waals surface area contributed by atoms with E-state index in [1.165, 1.54) is 0 Å². The second-order valence-corrected chi connectivity index (χ2v) is 7.46. The fraction of sp³-hybridized carbons (Fsp3) is 0.292. The lowest BCUT2D eigenvalue weighted by Crippen LogP contribution is -2.43. The molecule has 1 aliphatic rings. The topological polar surface area (TPSA) is 53.5 Å². The Labute approximate surface area is 171 Å². The van der Waals surface area contributed by atoms with E-state index in [4.69, 9.17) is 0 Å². The van der Waals surface area contributed by atoms with E-state index in [0.717, 1.165) is 22.9 Å². The first-order valence-electron chi connectivity index (χ1n) is 10.1. The van der Waals surface area contributed by atoms with Crippen molar-refractivity contribution in [3.63, 3.8) is 0 Å². The molecule has 1 aromatic heterocycles. The van der Waals surface area contributed by atoms with Gasteiger partial charge in [-0.1, -0.05) is 61.5 Å². The van der Waals surface area contributed by atoms with Gasteiger partial charge in [-0.05, 0) is 24.1 Å². The summed E-state index contributed by atoms with van der Waals surface area (Å²) in [5.41, 5.74) is 2.35. The molecule has 1 unspecified atom stereocenters. The van der Waals surface area contributed by atoms with Crippen LogP contribution in [0.2, 0.25) is 0 Å². The van der Waals surface area contributed by atoms with Crippen LogP contribution in [0, 0.1) is 0 Å². The van der Waals surface area contributed by atoms with Gasteiger partial charge in [-0.25, -0.2) is 4.98 Å². The minimum Gasteiger partial charge on any atom is -0.335 e. The molecule has 2 heterocycles. The normalized spacial score (nSPS) is 17.4. The van der Waals surface area contributed by atoms with Crippen LogP contribution in [0.25, 0.3) is 10.9 Å². The van der Waals surface area contributed by atoms with Gasteiger partial charge in [-0.3, -0.25) is 9.59 Å². The van der Waals surface area contributed by atoms with Crippen molar-refractivity contribution in [1.82, 2.24) is 14.8 Å². The predicted octanol–water partition coefficient (Wildman–Crippen LogP) is 3.89. The summed E-state index contributed by atoms with van der Waals surface area (Å²) in [5.74, 6) is -0.00830. The Morgan fingerprint density at radius 3 is 2.59 bits per heavy atom. The number of amides is 2. The number of carbonyl (C=O) groups excluding carboxylic acids is 2. The Bertz CT molecular complexity index is 1020. The molecule has 5 nitrogen and oxygen atoms in total. The number of pyridine rings is 1. The number of benzene rings is 2. The Morgan fingerprint density at radius 1 is 1.03 bits per heavy atom. The molecule has 3 aromatic rings. The highest BCUT2D eigenvalue weighted by atomic mass is 16.2. The summed E-state index contributed by atoms with van der Waals surface area (Å²) >= 11 is 0. The molecular weight excluding hydrogens is 362 g/mol. The molecule has 1 atom stereocenters. The van der Waals surface area contributed by atoms with Crippen molar-refractivity contribution in [3.8, 4) is 0 Å². The van der Waals surface area contributed by atoms with Gasteiger partial charge in [0.2, 0.25) is 5.91 Å². The molecule has 29 heavy (non-hydrogen) atoms. The van der Waals surface area contributed by atoms with Crippen molar-refractivity contribution in [1.29, 1.82) is 0 Å². The monoisotopic (exact) mass is 387 g/mol. The summed E-state index contributed by atoms with van der Waals surface area (Å²) in [7, 11) is 0. The van der Waals surface area contributed by atoms with Gasteiger partial charge < -0.3 is 9.80 Å². The van der Waals surface area contributed by atoms with Crippen LogP contribution in [-0.2, 0) is 11.3 Å². The maximum absolute atomic E-state index is 13.2. The van der Waals surface area contributed by atoms with Crippen LogP contribution in [0.15, 0.2) is 66.7 Å². The van der Waals surface area contributed by atoms with E-state index in [2.05, 4.69) is 11.9 Å². The molecule has 0 aliphatic carbocycles. The molecule has 0 spiro atoms. The third-order valence-electron chi connectivity index (χ3n) is 5.56. The third kappa shape index (κ3) is 4.14. The number of para-hydroxylation sites is 1. The van der Waals surface area contributed by atoms with Gasteiger partial charge in [0, 0.05) is 37.5 Å². The van der Waals surface area contributed by atoms with E-state index in [0.29, 0.717) is 31.7 Å². The molecule has 1 saturated heterocycles. The molecule has 1 fully saturated rings. The van der Waals surface area contributed by atoms with Crippen LogP contribution in [-0.4, -0.2) is 45.7 Å². The standard InChI is InChI=1S/C24H25N3O2/c1-2-20-17-26(15-14-23(28)27(20)16-18-8-4-3-5-9-18)24(29)22-13-12-19-10-6-7-11-21(19)25-22/h3-13,20H,2,14-17H2,1H3. The first kappa shape index (κ1) is 19.1. The van der Waals surface area contributed by atoms with E-state index in [1.807, 2.05) is 65.6 Å². The fourth-order valence-corrected chi connectivity index (χ4v) is 3.90. The van der Waals surface area contributed by atoms with Crippen LogP contribution < -0.4 is 0 Å². The first-order valence-corrected chi connectivity index (χ1v) is 10.1. The van der Waals surface area contributed by atoms with E-state index >= 15 is 0 Å². The van der Waals surface area contributed by atoms with Gasteiger partial charge in [0.05, 0.1) is 5.52 Å². The van der Waals surface area contributed by atoms with E-state index in [-0.39, 0.29) is 17.9 Å². The molecule has 0 N–H and O–H groups in total. The molecule has 0 bridgehead atoms. The molecule has 2 aromatic carbocycles. The number of hydrogen-bond acceptors (Lipinski definition) is 3. The molecule has 1 aliphatic heterocycles. The Hall–Kier alpha value is -3.21. The van der Waals surface area contributed by atoms with Gasteiger partial charge >= 0.3 is 0 Å². The second-order valence-electron chi connectivity index (χ2n) is 7.46. The zero-order valence-electron chi connectivity index (χ0n) is 16.6. The lowest BCUT2D eigenvalue weighted by molar-refractivity contribution is -0.133. The van der Waals surface area contributed by atoms with Crippen molar-refractivity contribution >= 4 is 22.7 Å². The summed E-state index contributed by atoms with van der Waals surface area (Å²) in [6.07, 6.45) is 1.14. The van der Waals surface area contributed by atoms with E-state index in [9.17, 15) is 9.59 Å². The molecule has 0 radical (unpaired) electrons.